The minimum atomic E-state index is -1.51. The first kappa shape index (κ1) is 27.2. The van der Waals surface area contributed by atoms with Crippen molar-refractivity contribution in [2.45, 2.75) is 38.9 Å². The van der Waals surface area contributed by atoms with E-state index < -0.39 is 11.6 Å². The predicted molar refractivity (Wildman–Crippen MR) is 138 cm³/mol. The van der Waals surface area contributed by atoms with Crippen LogP contribution in [0.5, 0.6) is 23.0 Å². The van der Waals surface area contributed by atoms with Crippen molar-refractivity contribution in [1.29, 1.82) is 0 Å². The molecule has 3 rings (SSSR count). The summed E-state index contributed by atoms with van der Waals surface area (Å²) in [5, 5.41) is 22.4. The number of phenolic OH excluding ortho intramolecular Hbond substituents is 1. The topological polar surface area (TPSA) is 94.5 Å². The van der Waals surface area contributed by atoms with Crippen LogP contribution >= 0.6 is 11.6 Å². The van der Waals surface area contributed by atoms with Gasteiger partial charge < -0.3 is 29.2 Å². The van der Waals surface area contributed by atoms with Gasteiger partial charge in [0.05, 0.1) is 43.4 Å². The van der Waals surface area contributed by atoms with E-state index in [2.05, 4.69) is 0 Å². The van der Waals surface area contributed by atoms with E-state index in [9.17, 15) is 15.0 Å². The van der Waals surface area contributed by atoms with Crippen LogP contribution in [-0.2, 0) is 22.6 Å². The van der Waals surface area contributed by atoms with E-state index >= 15 is 0 Å². The Labute approximate surface area is 216 Å². The molecule has 3 aromatic carbocycles. The molecule has 0 saturated heterocycles. The van der Waals surface area contributed by atoms with Crippen molar-refractivity contribution < 1.29 is 34.0 Å². The first-order valence-corrected chi connectivity index (χ1v) is 11.9. The fourth-order valence-corrected chi connectivity index (χ4v) is 4.33. The smallest absolute Gasteiger partial charge is 0.308 e. The molecule has 1 atom stereocenters. The second-order valence-corrected chi connectivity index (χ2v) is 8.93. The lowest BCUT2D eigenvalue weighted by Gasteiger charge is -2.27. The Morgan fingerprint density at radius 3 is 2.36 bits per heavy atom. The molecule has 0 radical (unpaired) electrons. The largest absolute Gasteiger partial charge is 0.507 e. The zero-order chi connectivity index (χ0) is 26.3. The van der Waals surface area contributed by atoms with Gasteiger partial charge in [0, 0.05) is 23.6 Å². The molecule has 0 aromatic heterocycles. The van der Waals surface area contributed by atoms with Gasteiger partial charge in [0.15, 0.2) is 0 Å². The van der Waals surface area contributed by atoms with Crippen molar-refractivity contribution in [2.75, 3.05) is 20.8 Å². The molecule has 0 unspecified atom stereocenters. The molecule has 0 spiro atoms. The van der Waals surface area contributed by atoms with Gasteiger partial charge in [0.2, 0.25) is 0 Å². The van der Waals surface area contributed by atoms with Crippen molar-refractivity contribution >= 4 is 17.6 Å². The first-order chi connectivity index (χ1) is 17.2. The van der Waals surface area contributed by atoms with E-state index in [-0.39, 0.29) is 42.6 Å². The summed E-state index contributed by atoms with van der Waals surface area (Å²) in [4.78, 5) is 12.2. The van der Waals surface area contributed by atoms with E-state index in [0.717, 1.165) is 5.56 Å². The highest BCUT2D eigenvalue weighted by molar-refractivity contribution is 6.33. The highest BCUT2D eigenvalue weighted by Gasteiger charge is 2.32. The molecular weight excluding hydrogens is 484 g/mol. The molecule has 3 aromatic rings. The number of aromatic hydroxyl groups is 1. The number of carbonyl (C=O) groups is 1. The Bertz CT molecular complexity index is 1190. The van der Waals surface area contributed by atoms with Crippen LogP contribution in [0.15, 0.2) is 54.6 Å². The molecule has 7 nitrogen and oxygen atoms in total. The van der Waals surface area contributed by atoms with Gasteiger partial charge >= 0.3 is 5.97 Å². The SMILES string of the molecule is CCOC(=O)C[C@](C)(O)Cc1c(OCc2ccccc2)cc(Cl)c(OC)c1-c1c(O)cccc1OC. The number of hydrogen-bond donors (Lipinski definition) is 2. The number of aliphatic hydroxyl groups is 1. The number of methoxy groups -OCH3 is 2. The van der Waals surface area contributed by atoms with Gasteiger partial charge in [-0.2, -0.15) is 0 Å². The fourth-order valence-electron chi connectivity index (χ4n) is 4.06. The molecule has 0 fully saturated rings. The summed E-state index contributed by atoms with van der Waals surface area (Å²) in [6.45, 7) is 3.68. The van der Waals surface area contributed by atoms with Gasteiger partial charge in [-0.15, -0.1) is 0 Å². The quantitative estimate of drug-likeness (QED) is 0.324. The number of phenols is 1. The molecule has 0 aliphatic heterocycles. The molecule has 0 aliphatic carbocycles. The van der Waals surface area contributed by atoms with Crippen LogP contribution in [-0.4, -0.2) is 42.6 Å². The van der Waals surface area contributed by atoms with Gasteiger partial charge in [-0.3, -0.25) is 4.79 Å². The third-order valence-electron chi connectivity index (χ3n) is 5.60. The standard InChI is InChI=1S/C28H31ClO7/c1-5-35-24(31)16-28(2,32)15-19-23(36-17-18-10-7-6-8-11-18)14-20(29)27(34-4)25(19)26-21(30)12-9-13-22(26)33-3/h6-14,30,32H,5,15-17H2,1-4H3/t28-/m1/s1. The van der Waals surface area contributed by atoms with Gasteiger partial charge in [-0.25, -0.2) is 0 Å². The molecule has 0 saturated carbocycles. The lowest BCUT2D eigenvalue weighted by Crippen LogP contribution is -2.32. The van der Waals surface area contributed by atoms with Crippen LogP contribution < -0.4 is 14.2 Å². The number of rotatable bonds is 11. The van der Waals surface area contributed by atoms with Crippen molar-refractivity contribution in [3.63, 3.8) is 0 Å². The molecule has 36 heavy (non-hydrogen) atoms. The Morgan fingerprint density at radius 2 is 1.72 bits per heavy atom. The lowest BCUT2D eigenvalue weighted by atomic mass is 9.86. The third-order valence-corrected chi connectivity index (χ3v) is 5.89. The summed E-state index contributed by atoms with van der Waals surface area (Å²) >= 11 is 6.62. The minimum absolute atomic E-state index is 0.0315. The van der Waals surface area contributed by atoms with Crippen LogP contribution in [0.25, 0.3) is 11.1 Å². The van der Waals surface area contributed by atoms with Gasteiger partial charge in [-0.1, -0.05) is 48.0 Å². The highest BCUT2D eigenvalue weighted by Crippen LogP contribution is 2.50. The van der Waals surface area contributed by atoms with E-state index in [4.69, 9.17) is 30.5 Å². The van der Waals surface area contributed by atoms with E-state index in [0.29, 0.717) is 28.2 Å². The number of carbonyl (C=O) groups excluding carboxylic acids is 1. The van der Waals surface area contributed by atoms with Crippen LogP contribution in [0.3, 0.4) is 0 Å². The number of halogens is 1. The first-order valence-electron chi connectivity index (χ1n) is 11.5. The normalized spacial score (nSPS) is 12.5. The minimum Gasteiger partial charge on any atom is -0.507 e. The van der Waals surface area contributed by atoms with E-state index in [1.165, 1.54) is 27.2 Å². The average molecular weight is 515 g/mol. The van der Waals surface area contributed by atoms with Gasteiger partial charge in [-0.05, 0) is 31.5 Å². The Kier molecular flexibility index (Phi) is 9.07. The maximum atomic E-state index is 12.2. The summed E-state index contributed by atoms with van der Waals surface area (Å²) in [5.41, 5.74) is 0.622. The van der Waals surface area contributed by atoms with Gasteiger partial charge in [0.25, 0.3) is 0 Å². The van der Waals surface area contributed by atoms with E-state index in [1.54, 1.807) is 25.1 Å². The second kappa shape index (κ2) is 12.0. The zero-order valence-electron chi connectivity index (χ0n) is 20.8. The third kappa shape index (κ3) is 6.42. The molecular formula is C28H31ClO7. The van der Waals surface area contributed by atoms with Crippen LogP contribution in [0, 0.1) is 0 Å². The summed E-state index contributed by atoms with van der Waals surface area (Å²) in [6.07, 6.45) is -0.280. The number of hydrogen-bond acceptors (Lipinski definition) is 7. The van der Waals surface area contributed by atoms with Crippen molar-refractivity contribution in [3.8, 4) is 34.1 Å². The monoisotopic (exact) mass is 514 g/mol. The van der Waals surface area contributed by atoms with Crippen LogP contribution in [0.2, 0.25) is 5.02 Å². The molecule has 8 heteroatoms. The molecule has 0 amide bonds. The van der Waals surface area contributed by atoms with Crippen LogP contribution in [0.1, 0.15) is 31.4 Å². The summed E-state index contributed by atoms with van der Waals surface area (Å²) in [5.74, 6) is 0.405. The molecule has 0 aliphatic rings. The summed E-state index contributed by atoms with van der Waals surface area (Å²) in [6, 6.07) is 16.0. The molecule has 2 N–H and O–H groups in total. The molecule has 0 bridgehead atoms. The Hall–Kier alpha value is -3.42. The van der Waals surface area contributed by atoms with Crippen molar-refractivity contribution in [2.24, 2.45) is 0 Å². The second-order valence-electron chi connectivity index (χ2n) is 8.53. The number of esters is 1. The lowest BCUT2D eigenvalue weighted by molar-refractivity contribution is -0.148. The van der Waals surface area contributed by atoms with Crippen molar-refractivity contribution in [1.82, 2.24) is 0 Å². The highest BCUT2D eigenvalue weighted by atomic mass is 35.5. The number of benzene rings is 3. The average Bonchev–Trinajstić information content (AvgIpc) is 2.84. The Morgan fingerprint density at radius 1 is 1.00 bits per heavy atom. The number of ether oxygens (including phenoxy) is 4. The fraction of sp³-hybridized carbons (Fsp3) is 0.321. The summed E-state index contributed by atoms with van der Waals surface area (Å²) in [7, 11) is 2.95. The predicted octanol–water partition coefficient (Wildman–Crippen LogP) is 5.56. The summed E-state index contributed by atoms with van der Waals surface area (Å²) < 4.78 is 22.4. The van der Waals surface area contributed by atoms with E-state index in [1.807, 2.05) is 30.3 Å². The molecule has 192 valence electrons. The van der Waals surface area contributed by atoms with Crippen LogP contribution in [0.4, 0.5) is 0 Å². The molecule has 0 heterocycles. The Balaban J connectivity index is 2.22. The maximum Gasteiger partial charge on any atom is 0.308 e. The van der Waals surface area contributed by atoms with Gasteiger partial charge in [0.1, 0.15) is 29.6 Å². The maximum absolute atomic E-state index is 12.2. The zero-order valence-corrected chi connectivity index (χ0v) is 21.6. The van der Waals surface area contributed by atoms with Crippen molar-refractivity contribution in [3.05, 3.63) is 70.7 Å².